The number of rotatable bonds is 4. The average molecular weight is 253 g/mol. The number of carbonyl (C=O) groups is 1. The standard InChI is InChI=1S/C14H17F2NO/c15-13-6-3-11(7-14(13)16)9-17-8-10-1-4-12(18)5-2-10/h3,6-7,10,17H,1-2,4-5,8-9H2. The predicted octanol–water partition coefficient (Wildman–Crippen LogP) is 2.81. The lowest BCUT2D eigenvalue weighted by atomic mass is 9.88. The van der Waals surface area contributed by atoms with E-state index in [0.29, 0.717) is 31.1 Å². The van der Waals surface area contributed by atoms with E-state index in [4.69, 9.17) is 0 Å². The first-order valence-electron chi connectivity index (χ1n) is 6.31. The minimum atomic E-state index is -0.815. The third kappa shape index (κ3) is 3.60. The van der Waals surface area contributed by atoms with Crippen molar-refractivity contribution >= 4 is 5.78 Å². The first-order chi connectivity index (χ1) is 8.65. The molecule has 4 heteroatoms. The largest absolute Gasteiger partial charge is 0.312 e. The summed E-state index contributed by atoms with van der Waals surface area (Å²) in [6, 6.07) is 3.94. The van der Waals surface area contributed by atoms with E-state index in [1.807, 2.05) is 0 Å². The molecule has 1 aliphatic carbocycles. The highest BCUT2D eigenvalue weighted by Gasteiger charge is 2.17. The summed E-state index contributed by atoms with van der Waals surface area (Å²) >= 11 is 0. The van der Waals surface area contributed by atoms with Crippen molar-refractivity contribution < 1.29 is 13.6 Å². The minimum absolute atomic E-state index is 0.354. The number of hydrogen-bond donors (Lipinski definition) is 1. The van der Waals surface area contributed by atoms with Gasteiger partial charge < -0.3 is 5.32 Å². The molecule has 1 aromatic rings. The third-order valence-corrected chi connectivity index (χ3v) is 3.41. The van der Waals surface area contributed by atoms with Crippen molar-refractivity contribution in [3.8, 4) is 0 Å². The Labute approximate surface area is 105 Å². The molecule has 1 aromatic carbocycles. The Bertz CT molecular complexity index is 424. The Morgan fingerprint density at radius 1 is 1.17 bits per heavy atom. The molecule has 1 fully saturated rings. The second-order valence-electron chi connectivity index (χ2n) is 4.86. The van der Waals surface area contributed by atoms with Crippen molar-refractivity contribution in [2.24, 2.45) is 5.92 Å². The second kappa shape index (κ2) is 6.05. The molecule has 2 nitrogen and oxygen atoms in total. The molecule has 0 radical (unpaired) electrons. The van der Waals surface area contributed by atoms with Gasteiger partial charge in [0.2, 0.25) is 0 Å². The zero-order valence-corrected chi connectivity index (χ0v) is 10.2. The van der Waals surface area contributed by atoms with Crippen LogP contribution in [0.15, 0.2) is 18.2 Å². The van der Waals surface area contributed by atoms with E-state index in [-0.39, 0.29) is 0 Å². The number of nitrogens with one attached hydrogen (secondary N) is 1. The maximum Gasteiger partial charge on any atom is 0.159 e. The first-order valence-corrected chi connectivity index (χ1v) is 6.31. The molecule has 0 unspecified atom stereocenters. The van der Waals surface area contributed by atoms with Crippen LogP contribution in [0.2, 0.25) is 0 Å². The third-order valence-electron chi connectivity index (χ3n) is 3.41. The highest BCUT2D eigenvalue weighted by Crippen LogP contribution is 2.20. The van der Waals surface area contributed by atoms with Gasteiger partial charge >= 0.3 is 0 Å². The molecule has 0 aliphatic heterocycles. The van der Waals surface area contributed by atoms with Gasteiger partial charge in [-0.3, -0.25) is 4.79 Å². The Morgan fingerprint density at radius 2 is 1.89 bits per heavy atom. The highest BCUT2D eigenvalue weighted by molar-refractivity contribution is 5.79. The Kier molecular flexibility index (Phi) is 4.42. The summed E-state index contributed by atoms with van der Waals surface area (Å²) in [5, 5.41) is 3.23. The molecule has 2 rings (SSSR count). The minimum Gasteiger partial charge on any atom is -0.312 e. The topological polar surface area (TPSA) is 29.1 Å². The van der Waals surface area contributed by atoms with Gasteiger partial charge in [-0.25, -0.2) is 8.78 Å². The zero-order chi connectivity index (χ0) is 13.0. The van der Waals surface area contributed by atoms with Gasteiger partial charge in [-0.05, 0) is 43.0 Å². The summed E-state index contributed by atoms with van der Waals surface area (Å²) in [6.45, 7) is 1.36. The molecule has 1 N–H and O–H groups in total. The molecule has 98 valence electrons. The molecular formula is C14H17F2NO. The van der Waals surface area contributed by atoms with Gasteiger partial charge in [0.1, 0.15) is 5.78 Å². The summed E-state index contributed by atoms with van der Waals surface area (Å²) in [5.41, 5.74) is 0.737. The lowest BCUT2D eigenvalue weighted by Gasteiger charge is -2.21. The van der Waals surface area contributed by atoms with Crippen molar-refractivity contribution in [1.29, 1.82) is 0 Å². The van der Waals surface area contributed by atoms with Gasteiger partial charge in [0, 0.05) is 19.4 Å². The van der Waals surface area contributed by atoms with E-state index in [1.54, 1.807) is 6.07 Å². The van der Waals surface area contributed by atoms with E-state index in [2.05, 4.69) is 5.32 Å². The average Bonchev–Trinajstić information content (AvgIpc) is 2.36. The highest BCUT2D eigenvalue weighted by atomic mass is 19.2. The zero-order valence-electron chi connectivity index (χ0n) is 10.2. The van der Waals surface area contributed by atoms with E-state index < -0.39 is 11.6 Å². The quantitative estimate of drug-likeness (QED) is 0.894. The fraction of sp³-hybridized carbons (Fsp3) is 0.500. The number of halogens is 2. The van der Waals surface area contributed by atoms with Gasteiger partial charge in [0.25, 0.3) is 0 Å². The lowest BCUT2D eigenvalue weighted by Crippen LogP contribution is -2.26. The monoisotopic (exact) mass is 253 g/mol. The molecule has 1 aliphatic rings. The van der Waals surface area contributed by atoms with Gasteiger partial charge in [0.15, 0.2) is 11.6 Å². The van der Waals surface area contributed by atoms with E-state index >= 15 is 0 Å². The molecule has 0 heterocycles. The molecule has 1 saturated carbocycles. The van der Waals surface area contributed by atoms with Gasteiger partial charge in [-0.15, -0.1) is 0 Å². The number of hydrogen-bond acceptors (Lipinski definition) is 2. The van der Waals surface area contributed by atoms with Crippen LogP contribution in [-0.2, 0) is 11.3 Å². The lowest BCUT2D eigenvalue weighted by molar-refractivity contribution is -0.120. The number of Topliss-reactive ketones (excluding diaryl/α,β-unsaturated/α-hetero) is 1. The molecule has 0 saturated heterocycles. The van der Waals surface area contributed by atoms with Crippen LogP contribution < -0.4 is 5.32 Å². The van der Waals surface area contributed by atoms with Crippen LogP contribution in [0.3, 0.4) is 0 Å². The molecule has 0 atom stereocenters. The molecule has 0 bridgehead atoms. The van der Waals surface area contributed by atoms with Crippen LogP contribution in [0.25, 0.3) is 0 Å². The summed E-state index contributed by atoms with van der Waals surface area (Å²) in [6.07, 6.45) is 3.22. The Balaban J connectivity index is 1.74. The number of benzene rings is 1. The molecule has 0 spiro atoms. The van der Waals surface area contributed by atoms with Crippen molar-refractivity contribution in [2.75, 3.05) is 6.54 Å². The van der Waals surface area contributed by atoms with Crippen LogP contribution in [0.1, 0.15) is 31.2 Å². The summed E-state index contributed by atoms with van der Waals surface area (Å²) in [5.74, 6) is -0.748. The summed E-state index contributed by atoms with van der Waals surface area (Å²) in [7, 11) is 0. The molecular weight excluding hydrogens is 236 g/mol. The molecule has 18 heavy (non-hydrogen) atoms. The normalized spacial score (nSPS) is 17.1. The van der Waals surface area contributed by atoms with Crippen LogP contribution in [0.4, 0.5) is 8.78 Å². The van der Waals surface area contributed by atoms with Gasteiger partial charge in [0.05, 0.1) is 0 Å². The summed E-state index contributed by atoms with van der Waals surface area (Å²) in [4.78, 5) is 11.1. The van der Waals surface area contributed by atoms with Crippen molar-refractivity contribution in [1.82, 2.24) is 5.32 Å². The smallest absolute Gasteiger partial charge is 0.159 e. The molecule has 0 amide bonds. The fourth-order valence-electron chi connectivity index (χ4n) is 2.27. The van der Waals surface area contributed by atoms with E-state index in [0.717, 1.165) is 31.0 Å². The van der Waals surface area contributed by atoms with Crippen LogP contribution in [0, 0.1) is 17.6 Å². The van der Waals surface area contributed by atoms with Gasteiger partial charge in [-0.1, -0.05) is 6.07 Å². The Hall–Kier alpha value is -1.29. The van der Waals surface area contributed by atoms with Crippen LogP contribution in [0.5, 0.6) is 0 Å². The van der Waals surface area contributed by atoms with E-state index in [9.17, 15) is 13.6 Å². The predicted molar refractivity (Wildman–Crippen MR) is 65.0 cm³/mol. The Morgan fingerprint density at radius 3 is 2.56 bits per heavy atom. The van der Waals surface area contributed by atoms with Crippen LogP contribution >= 0.6 is 0 Å². The fourth-order valence-corrected chi connectivity index (χ4v) is 2.27. The van der Waals surface area contributed by atoms with E-state index in [1.165, 1.54) is 6.07 Å². The van der Waals surface area contributed by atoms with Crippen molar-refractivity contribution in [3.05, 3.63) is 35.4 Å². The number of carbonyl (C=O) groups excluding carboxylic acids is 1. The number of ketones is 1. The van der Waals surface area contributed by atoms with Gasteiger partial charge in [-0.2, -0.15) is 0 Å². The maximum atomic E-state index is 13.0. The SMILES string of the molecule is O=C1CCC(CNCc2ccc(F)c(F)c2)CC1. The van der Waals surface area contributed by atoms with Crippen molar-refractivity contribution in [3.63, 3.8) is 0 Å². The van der Waals surface area contributed by atoms with Crippen LogP contribution in [-0.4, -0.2) is 12.3 Å². The van der Waals surface area contributed by atoms with Crippen molar-refractivity contribution in [2.45, 2.75) is 32.2 Å². The maximum absolute atomic E-state index is 13.0. The molecule has 0 aromatic heterocycles. The second-order valence-corrected chi connectivity index (χ2v) is 4.86. The first kappa shape index (κ1) is 13.1. The summed E-state index contributed by atoms with van der Waals surface area (Å²) < 4.78 is 25.7.